The number of nitrogens with zero attached hydrogens (tertiary/aromatic N) is 3. The standard InChI is InChI=1S/C7H13N5O3/c8-5(7(14)15)4-6(13)10-2-1-3-11-12-9/h5H,1-4,8H2,(H,10,13)(H,14,15)/t5-/m0/s1. The maximum atomic E-state index is 11.0. The van der Waals surface area contributed by atoms with Gasteiger partial charge in [-0.05, 0) is 12.0 Å². The summed E-state index contributed by atoms with van der Waals surface area (Å²) >= 11 is 0. The Hall–Kier alpha value is -1.79. The highest BCUT2D eigenvalue weighted by Gasteiger charge is 2.15. The van der Waals surface area contributed by atoms with Gasteiger partial charge in [-0.2, -0.15) is 0 Å². The summed E-state index contributed by atoms with van der Waals surface area (Å²) in [4.78, 5) is 23.9. The van der Waals surface area contributed by atoms with E-state index in [1.807, 2.05) is 0 Å². The largest absolute Gasteiger partial charge is 0.480 e. The number of hydrogen-bond donors (Lipinski definition) is 3. The Bertz CT molecular complexity index is 274. The van der Waals surface area contributed by atoms with Gasteiger partial charge in [0.05, 0.1) is 6.42 Å². The van der Waals surface area contributed by atoms with E-state index in [2.05, 4.69) is 15.3 Å². The number of carbonyl (C=O) groups excluding carboxylic acids is 1. The number of nitrogens with two attached hydrogens (primary N) is 1. The number of hydrogen-bond acceptors (Lipinski definition) is 4. The summed E-state index contributed by atoms with van der Waals surface area (Å²) in [5.74, 6) is -1.63. The van der Waals surface area contributed by atoms with Gasteiger partial charge >= 0.3 is 5.97 Å². The van der Waals surface area contributed by atoms with Crippen LogP contribution in [0.5, 0.6) is 0 Å². The predicted octanol–water partition coefficient (Wildman–Crippen LogP) is -0.395. The monoisotopic (exact) mass is 215 g/mol. The highest BCUT2D eigenvalue weighted by molar-refractivity contribution is 5.84. The Morgan fingerprint density at radius 2 is 2.27 bits per heavy atom. The van der Waals surface area contributed by atoms with E-state index < -0.39 is 17.9 Å². The van der Waals surface area contributed by atoms with E-state index in [-0.39, 0.29) is 6.42 Å². The molecule has 0 spiro atoms. The number of carboxylic acids is 1. The number of rotatable bonds is 7. The fourth-order valence-corrected chi connectivity index (χ4v) is 0.782. The van der Waals surface area contributed by atoms with Crippen molar-refractivity contribution < 1.29 is 14.7 Å². The van der Waals surface area contributed by atoms with Gasteiger partial charge in [0.1, 0.15) is 6.04 Å². The highest BCUT2D eigenvalue weighted by atomic mass is 16.4. The number of azide groups is 1. The first kappa shape index (κ1) is 13.2. The third-order valence-electron chi connectivity index (χ3n) is 1.54. The minimum Gasteiger partial charge on any atom is -0.480 e. The summed E-state index contributed by atoms with van der Waals surface area (Å²) in [5.41, 5.74) is 13.1. The van der Waals surface area contributed by atoms with E-state index in [0.29, 0.717) is 19.5 Å². The number of aliphatic carboxylic acids is 1. The zero-order valence-corrected chi connectivity index (χ0v) is 8.09. The molecule has 0 bridgehead atoms. The van der Waals surface area contributed by atoms with Crippen molar-refractivity contribution in [2.24, 2.45) is 10.8 Å². The van der Waals surface area contributed by atoms with Gasteiger partial charge in [0.25, 0.3) is 0 Å². The number of carboxylic acid groups (broad SMARTS) is 1. The van der Waals surface area contributed by atoms with Crippen molar-refractivity contribution in [3.63, 3.8) is 0 Å². The predicted molar refractivity (Wildman–Crippen MR) is 51.9 cm³/mol. The molecule has 8 heteroatoms. The SMILES string of the molecule is [N-]=[N+]=NCCCNC(=O)C[C@H](N)C(=O)O. The van der Waals surface area contributed by atoms with Crippen LogP contribution in [0.4, 0.5) is 0 Å². The van der Waals surface area contributed by atoms with Gasteiger partial charge in [0.2, 0.25) is 5.91 Å². The topological polar surface area (TPSA) is 141 Å². The first-order valence-electron chi connectivity index (χ1n) is 4.34. The van der Waals surface area contributed by atoms with Crippen molar-refractivity contribution in [3.8, 4) is 0 Å². The maximum absolute atomic E-state index is 11.0. The van der Waals surface area contributed by atoms with E-state index in [1.54, 1.807) is 0 Å². The molecular weight excluding hydrogens is 202 g/mol. The van der Waals surface area contributed by atoms with Crippen molar-refractivity contribution >= 4 is 11.9 Å². The number of carbonyl (C=O) groups is 2. The molecule has 1 amide bonds. The van der Waals surface area contributed by atoms with Crippen LogP contribution in [-0.4, -0.2) is 36.1 Å². The molecule has 0 aromatic heterocycles. The van der Waals surface area contributed by atoms with Crippen LogP contribution < -0.4 is 11.1 Å². The Kier molecular flexibility index (Phi) is 6.69. The van der Waals surface area contributed by atoms with E-state index in [1.165, 1.54) is 0 Å². The molecule has 15 heavy (non-hydrogen) atoms. The average Bonchev–Trinajstić information content (AvgIpc) is 2.17. The van der Waals surface area contributed by atoms with Crippen molar-refractivity contribution in [2.45, 2.75) is 18.9 Å². The molecule has 0 heterocycles. The van der Waals surface area contributed by atoms with E-state index in [9.17, 15) is 9.59 Å². The lowest BCUT2D eigenvalue weighted by Crippen LogP contribution is -2.37. The summed E-state index contributed by atoms with van der Waals surface area (Å²) in [6.45, 7) is 0.631. The van der Waals surface area contributed by atoms with Gasteiger partial charge in [-0.3, -0.25) is 9.59 Å². The first-order valence-corrected chi connectivity index (χ1v) is 4.34. The summed E-state index contributed by atoms with van der Waals surface area (Å²) < 4.78 is 0. The average molecular weight is 215 g/mol. The quantitative estimate of drug-likeness (QED) is 0.230. The Balaban J connectivity index is 3.57. The summed E-state index contributed by atoms with van der Waals surface area (Å²) in [6, 6.07) is -1.18. The van der Waals surface area contributed by atoms with Crippen LogP contribution in [0, 0.1) is 0 Å². The molecule has 0 aromatic carbocycles. The van der Waals surface area contributed by atoms with Gasteiger partial charge in [-0.15, -0.1) is 0 Å². The lowest BCUT2D eigenvalue weighted by atomic mass is 10.2. The smallest absolute Gasteiger partial charge is 0.321 e. The van der Waals surface area contributed by atoms with Gasteiger partial charge in [-0.1, -0.05) is 5.11 Å². The van der Waals surface area contributed by atoms with Crippen LogP contribution in [0.2, 0.25) is 0 Å². The molecule has 0 radical (unpaired) electrons. The third-order valence-corrected chi connectivity index (χ3v) is 1.54. The van der Waals surface area contributed by atoms with Gasteiger partial charge in [0.15, 0.2) is 0 Å². The zero-order chi connectivity index (χ0) is 11.7. The molecule has 0 unspecified atom stereocenters. The Morgan fingerprint density at radius 1 is 1.60 bits per heavy atom. The summed E-state index contributed by atoms with van der Waals surface area (Å²) in [7, 11) is 0. The van der Waals surface area contributed by atoms with Crippen LogP contribution >= 0.6 is 0 Å². The maximum Gasteiger partial charge on any atom is 0.321 e. The molecule has 0 aliphatic rings. The van der Waals surface area contributed by atoms with Crippen LogP contribution in [0.3, 0.4) is 0 Å². The molecule has 0 aliphatic heterocycles. The number of amides is 1. The molecule has 1 atom stereocenters. The molecule has 84 valence electrons. The van der Waals surface area contributed by atoms with Gasteiger partial charge in [-0.25, -0.2) is 0 Å². The van der Waals surface area contributed by atoms with E-state index >= 15 is 0 Å². The van der Waals surface area contributed by atoms with Crippen LogP contribution in [-0.2, 0) is 9.59 Å². The van der Waals surface area contributed by atoms with Crippen molar-refractivity contribution in [1.82, 2.24) is 5.32 Å². The molecule has 0 rings (SSSR count). The minimum absolute atomic E-state index is 0.253. The van der Waals surface area contributed by atoms with Gasteiger partial charge in [0, 0.05) is 18.0 Å². The molecule has 0 saturated heterocycles. The molecule has 0 aliphatic carbocycles. The Labute approximate surface area is 86.1 Å². The van der Waals surface area contributed by atoms with Crippen molar-refractivity contribution in [3.05, 3.63) is 10.4 Å². The summed E-state index contributed by atoms with van der Waals surface area (Å²) in [6.07, 6.45) is 0.259. The molecule has 0 fully saturated rings. The fraction of sp³-hybridized carbons (Fsp3) is 0.714. The molecule has 0 aromatic rings. The highest BCUT2D eigenvalue weighted by Crippen LogP contribution is 1.88. The second-order valence-electron chi connectivity index (χ2n) is 2.81. The second kappa shape index (κ2) is 7.60. The molecular formula is C7H13N5O3. The third kappa shape index (κ3) is 7.29. The van der Waals surface area contributed by atoms with Crippen molar-refractivity contribution in [2.75, 3.05) is 13.1 Å². The molecule has 4 N–H and O–H groups in total. The van der Waals surface area contributed by atoms with Crippen LogP contribution in [0.25, 0.3) is 10.4 Å². The zero-order valence-electron chi connectivity index (χ0n) is 8.09. The summed E-state index contributed by atoms with van der Waals surface area (Å²) in [5, 5.41) is 14.1. The Morgan fingerprint density at radius 3 is 2.80 bits per heavy atom. The van der Waals surface area contributed by atoms with Gasteiger partial charge < -0.3 is 16.2 Å². The second-order valence-corrected chi connectivity index (χ2v) is 2.81. The first-order chi connectivity index (χ1) is 7.07. The lowest BCUT2D eigenvalue weighted by Gasteiger charge is -2.06. The van der Waals surface area contributed by atoms with Crippen LogP contribution in [0.15, 0.2) is 5.11 Å². The van der Waals surface area contributed by atoms with E-state index in [4.69, 9.17) is 16.4 Å². The molecule has 8 nitrogen and oxygen atoms in total. The minimum atomic E-state index is -1.21. The molecule has 0 saturated carbocycles. The number of nitrogens with one attached hydrogen (secondary N) is 1. The van der Waals surface area contributed by atoms with Crippen molar-refractivity contribution in [1.29, 1.82) is 0 Å². The fourth-order valence-electron chi connectivity index (χ4n) is 0.782. The normalized spacial score (nSPS) is 11.3. The van der Waals surface area contributed by atoms with E-state index in [0.717, 1.165) is 0 Å². The lowest BCUT2D eigenvalue weighted by molar-refractivity contribution is -0.140. The van der Waals surface area contributed by atoms with Crippen LogP contribution in [0.1, 0.15) is 12.8 Å².